The predicted octanol–water partition coefficient (Wildman–Crippen LogP) is 2.76. The van der Waals surface area contributed by atoms with Crippen molar-refractivity contribution < 1.29 is 14.3 Å². The molecule has 1 heterocycles. The van der Waals surface area contributed by atoms with Crippen molar-refractivity contribution in [2.75, 3.05) is 24.3 Å². The van der Waals surface area contributed by atoms with Crippen LogP contribution in [0.1, 0.15) is 6.92 Å². The van der Waals surface area contributed by atoms with E-state index in [0.29, 0.717) is 6.61 Å². The van der Waals surface area contributed by atoms with E-state index >= 15 is 0 Å². The van der Waals surface area contributed by atoms with Crippen LogP contribution in [0, 0.1) is 0 Å². The second-order valence-corrected chi connectivity index (χ2v) is 5.48. The molecule has 1 unspecified atom stereocenters. The third-order valence-corrected chi connectivity index (χ3v) is 3.85. The zero-order valence-electron chi connectivity index (χ0n) is 11.0. The SMILES string of the molecule is CCOc1ccc(NC2SC(=O)N(CCCl)C2=O)cc1. The van der Waals surface area contributed by atoms with Crippen LogP contribution < -0.4 is 10.1 Å². The van der Waals surface area contributed by atoms with Crippen LogP contribution in [0.5, 0.6) is 5.75 Å². The Morgan fingerprint density at radius 3 is 2.65 bits per heavy atom. The summed E-state index contributed by atoms with van der Waals surface area (Å²) >= 11 is 6.55. The Morgan fingerprint density at radius 1 is 1.35 bits per heavy atom. The van der Waals surface area contributed by atoms with Crippen LogP contribution in [-0.4, -0.2) is 40.5 Å². The first-order valence-electron chi connectivity index (χ1n) is 6.23. The molecule has 1 atom stereocenters. The zero-order valence-corrected chi connectivity index (χ0v) is 12.5. The van der Waals surface area contributed by atoms with Crippen molar-refractivity contribution in [3.05, 3.63) is 24.3 Å². The summed E-state index contributed by atoms with van der Waals surface area (Å²) in [6.45, 7) is 2.76. The topological polar surface area (TPSA) is 58.6 Å². The second kappa shape index (κ2) is 6.85. The fraction of sp³-hybridized carbons (Fsp3) is 0.385. The number of hydrogen-bond acceptors (Lipinski definition) is 5. The molecule has 7 heteroatoms. The standard InChI is InChI=1S/C13H15ClN2O3S/c1-2-19-10-5-3-9(4-6-10)15-11-12(17)16(8-7-14)13(18)20-11/h3-6,11,15H,2,7-8H2,1H3. The quantitative estimate of drug-likeness (QED) is 0.818. The highest BCUT2D eigenvalue weighted by Crippen LogP contribution is 2.28. The van der Waals surface area contributed by atoms with Gasteiger partial charge < -0.3 is 10.1 Å². The molecule has 0 aliphatic carbocycles. The molecular weight excluding hydrogens is 300 g/mol. The molecule has 1 aliphatic heterocycles. The van der Waals surface area contributed by atoms with Crippen molar-refractivity contribution >= 4 is 40.2 Å². The van der Waals surface area contributed by atoms with Gasteiger partial charge in [-0.1, -0.05) is 0 Å². The summed E-state index contributed by atoms with van der Waals surface area (Å²) in [7, 11) is 0. The first kappa shape index (κ1) is 15.0. The molecule has 2 amide bonds. The van der Waals surface area contributed by atoms with Gasteiger partial charge in [0.25, 0.3) is 11.1 Å². The van der Waals surface area contributed by atoms with E-state index in [2.05, 4.69) is 5.32 Å². The third kappa shape index (κ3) is 3.37. The van der Waals surface area contributed by atoms with Crippen molar-refractivity contribution in [3.63, 3.8) is 0 Å². The molecule has 1 fully saturated rings. The second-order valence-electron chi connectivity index (χ2n) is 4.04. The van der Waals surface area contributed by atoms with Gasteiger partial charge in [0.2, 0.25) is 0 Å². The van der Waals surface area contributed by atoms with Crippen LogP contribution >= 0.6 is 23.4 Å². The number of alkyl halides is 1. The van der Waals surface area contributed by atoms with Crippen molar-refractivity contribution in [1.29, 1.82) is 0 Å². The number of thioether (sulfide) groups is 1. The van der Waals surface area contributed by atoms with Gasteiger partial charge in [-0.3, -0.25) is 14.5 Å². The summed E-state index contributed by atoms with van der Waals surface area (Å²) in [4.78, 5) is 24.9. The average molecular weight is 315 g/mol. The number of hydrogen-bond donors (Lipinski definition) is 1. The smallest absolute Gasteiger partial charge is 0.290 e. The molecule has 1 N–H and O–H groups in total. The molecule has 108 valence electrons. The van der Waals surface area contributed by atoms with Gasteiger partial charge in [0.05, 0.1) is 6.61 Å². The number of imide groups is 1. The lowest BCUT2D eigenvalue weighted by Crippen LogP contribution is -2.35. The Morgan fingerprint density at radius 2 is 2.05 bits per heavy atom. The van der Waals surface area contributed by atoms with Gasteiger partial charge in [-0.25, -0.2) is 0 Å². The fourth-order valence-corrected chi connectivity index (χ4v) is 2.89. The van der Waals surface area contributed by atoms with Gasteiger partial charge in [0.1, 0.15) is 5.75 Å². The summed E-state index contributed by atoms with van der Waals surface area (Å²) in [6.07, 6.45) is 0. The first-order valence-corrected chi connectivity index (χ1v) is 7.64. The van der Waals surface area contributed by atoms with Gasteiger partial charge >= 0.3 is 0 Å². The number of carbonyl (C=O) groups is 2. The van der Waals surface area contributed by atoms with Crippen LogP contribution in [0.25, 0.3) is 0 Å². The predicted molar refractivity (Wildman–Crippen MR) is 80.4 cm³/mol. The van der Waals surface area contributed by atoms with Crippen molar-refractivity contribution in [1.82, 2.24) is 4.90 Å². The van der Waals surface area contributed by atoms with Gasteiger partial charge in [0, 0.05) is 18.1 Å². The largest absolute Gasteiger partial charge is 0.494 e. The summed E-state index contributed by atoms with van der Waals surface area (Å²) in [5.41, 5.74) is 0.764. The highest BCUT2D eigenvalue weighted by Gasteiger charge is 2.39. The highest BCUT2D eigenvalue weighted by molar-refractivity contribution is 8.15. The van der Waals surface area contributed by atoms with Gasteiger partial charge in [-0.2, -0.15) is 0 Å². The molecule has 20 heavy (non-hydrogen) atoms. The minimum atomic E-state index is -0.594. The van der Waals surface area contributed by atoms with E-state index in [0.717, 1.165) is 23.2 Å². The number of nitrogens with zero attached hydrogens (tertiary/aromatic N) is 1. The van der Waals surface area contributed by atoms with Crippen molar-refractivity contribution in [3.8, 4) is 5.75 Å². The number of carbonyl (C=O) groups excluding carboxylic acids is 2. The lowest BCUT2D eigenvalue weighted by Gasteiger charge is -2.13. The summed E-state index contributed by atoms with van der Waals surface area (Å²) in [5, 5.41) is 2.17. The summed E-state index contributed by atoms with van der Waals surface area (Å²) in [5.74, 6) is 0.756. The van der Waals surface area contributed by atoms with E-state index in [1.54, 1.807) is 0 Å². The molecular formula is C13H15ClN2O3S. The molecule has 1 aromatic rings. The minimum absolute atomic E-state index is 0.244. The normalized spacial score (nSPS) is 18.5. The number of ether oxygens (including phenoxy) is 1. The summed E-state index contributed by atoms with van der Waals surface area (Å²) in [6, 6.07) is 7.25. The van der Waals surface area contributed by atoms with Crippen LogP contribution in [0.4, 0.5) is 10.5 Å². The number of nitrogens with one attached hydrogen (secondary N) is 1. The number of amides is 2. The summed E-state index contributed by atoms with van der Waals surface area (Å²) < 4.78 is 5.34. The van der Waals surface area contributed by atoms with E-state index in [1.165, 1.54) is 4.90 Å². The van der Waals surface area contributed by atoms with E-state index in [9.17, 15) is 9.59 Å². The molecule has 1 aliphatic rings. The molecule has 0 bridgehead atoms. The number of anilines is 1. The molecule has 5 nitrogen and oxygen atoms in total. The van der Waals surface area contributed by atoms with Crippen molar-refractivity contribution in [2.45, 2.75) is 12.3 Å². The van der Waals surface area contributed by atoms with Gasteiger partial charge in [0.15, 0.2) is 5.37 Å². The van der Waals surface area contributed by atoms with Crippen LogP contribution in [0.2, 0.25) is 0 Å². The van der Waals surface area contributed by atoms with Crippen LogP contribution in [-0.2, 0) is 4.79 Å². The first-order chi connectivity index (χ1) is 9.65. The maximum Gasteiger partial charge on any atom is 0.290 e. The number of halogens is 1. The van der Waals surface area contributed by atoms with E-state index in [-0.39, 0.29) is 23.6 Å². The lowest BCUT2D eigenvalue weighted by molar-refractivity contribution is -0.126. The van der Waals surface area contributed by atoms with Gasteiger partial charge in [-0.05, 0) is 43.0 Å². The fourth-order valence-electron chi connectivity index (χ4n) is 1.79. The van der Waals surface area contributed by atoms with E-state index < -0.39 is 5.37 Å². The van der Waals surface area contributed by atoms with E-state index in [4.69, 9.17) is 16.3 Å². The molecule has 0 saturated carbocycles. The maximum atomic E-state index is 12.0. The Hall–Kier alpha value is -1.40. The zero-order chi connectivity index (χ0) is 14.5. The molecule has 1 aromatic carbocycles. The number of rotatable bonds is 6. The Balaban J connectivity index is 2.00. The van der Waals surface area contributed by atoms with Crippen LogP contribution in [0.3, 0.4) is 0 Å². The van der Waals surface area contributed by atoms with E-state index in [1.807, 2.05) is 31.2 Å². The monoisotopic (exact) mass is 314 g/mol. The lowest BCUT2D eigenvalue weighted by atomic mass is 10.3. The average Bonchev–Trinajstić information content (AvgIpc) is 2.69. The molecule has 0 aromatic heterocycles. The van der Waals surface area contributed by atoms with Gasteiger partial charge in [-0.15, -0.1) is 11.6 Å². The molecule has 1 saturated heterocycles. The molecule has 0 radical (unpaired) electrons. The molecule has 2 rings (SSSR count). The Bertz CT molecular complexity index is 495. The van der Waals surface area contributed by atoms with Crippen LogP contribution in [0.15, 0.2) is 24.3 Å². The third-order valence-electron chi connectivity index (χ3n) is 2.70. The minimum Gasteiger partial charge on any atom is -0.494 e. The maximum absolute atomic E-state index is 12.0. The highest BCUT2D eigenvalue weighted by atomic mass is 35.5. The Kier molecular flexibility index (Phi) is 5.14. The van der Waals surface area contributed by atoms with Crippen molar-refractivity contribution in [2.24, 2.45) is 0 Å². The number of benzene rings is 1. The molecule has 0 spiro atoms. The Labute approximate surface area is 126 Å².